The van der Waals surface area contributed by atoms with Crippen molar-refractivity contribution in [2.75, 3.05) is 5.32 Å². The number of rotatable bonds is 7. The SMILES string of the molecule is O=C(CCc1ccccc1)OCc1ccc(C(=O)Nc2ccccc2)cc1. The maximum Gasteiger partial charge on any atom is 0.306 e. The summed E-state index contributed by atoms with van der Waals surface area (Å²) in [6.45, 7) is 0.203. The number of hydrogen-bond acceptors (Lipinski definition) is 3. The van der Waals surface area contributed by atoms with E-state index < -0.39 is 0 Å². The van der Waals surface area contributed by atoms with Crippen LogP contribution in [0.1, 0.15) is 27.9 Å². The molecule has 3 aromatic carbocycles. The van der Waals surface area contributed by atoms with Gasteiger partial charge in [-0.15, -0.1) is 0 Å². The molecular weight excluding hydrogens is 338 g/mol. The number of carbonyl (C=O) groups excluding carboxylic acids is 2. The number of esters is 1. The number of benzene rings is 3. The molecule has 3 aromatic rings. The Morgan fingerprint density at radius 1 is 0.741 bits per heavy atom. The third-order valence-electron chi connectivity index (χ3n) is 4.11. The normalized spacial score (nSPS) is 10.2. The minimum Gasteiger partial charge on any atom is -0.461 e. The van der Waals surface area contributed by atoms with Crippen molar-refractivity contribution >= 4 is 17.6 Å². The number of carbonyl (C=O) groups is 2. The summed E-state index contributed by atoms with van der Waals surface area (Å²) in [6.07, 6.45) is 1.01. The van der Waals surface area contributed by atoms with Crippen LogP contribution in [0, 0.1) is 0 Å². The van der Waals surface area contributed by atoms with Gasteiger partial charge in [0.05, 0.1) is 0 Å². The summed E-state index contributed by atoms with van der Waals surface area (Å²) >= 11 is 0. The van der Waals surface area contributed by atoms with Crippen LogP contribution < -0.4 is 5.32 Å². The maximum atomic E-state index is 12.2. The van der Waals surface area contributed by atoms with E-state index in [0.717, 1.165) is 16.8 Å². The molecule has 0 heterocycles. The van der Waals surface area contributed by atoms with Crippen molar-refractivity contribution in [2.24, 2.45) is 0 Å². The van der Waals surface area contributed by atoms with Gasteiger partial charge in [-0.25, -0.2) is 0 Å². The van der Waals surface area contributed by atoms with Gasteiger partial charge in [0.1, 0.15) is 6.61 Å². The lowest BCUT2D eigenvalue weighted by molar-refractivity contribution is -0.144. The first-order chi connectivity index (χ1) is 13.2. The van der Waals surface area contributed by atoms with Crippen LogP contribution in [0.4, 0.5) is 5.69 Å². The van der Waals surface area contributed by atoms with Crippen LogP contribution in [0.5, 0.6) is 0 Å². The second-order valence-electron chi connectivity index (χ2n) is 6.16. The minimum atomic E-state index is -0.232. The smallest absolute Gasteiger partial charge is 0.306 e. The predicted molar refractivity (Wildman–Crippen MR) is 105 cm³/mol. The second kappa shape index (κ2) is 9.34. The summed E-state index contributed by atoms with van der Waals surface area (Å²) in [5.41, 5.74) is 3.26. The fraction of sp³-hybridized carbons (Fsp3) is 0.130. The molecule has 0 radical (unpaired) electrons. The van der Waals surface area contributed by atoms with Gasteiger partial charge in [-0.2, -0.15) is 0 Å². The van der Waals surface area contributed by atoms with Gasteiger partial charge in [0.15, 0.2) is 0 Å². The summed E-state index contributed by atoms with van der Waals surface area (Å²) in [5, 5.41) is 2.84. The Hall–Kier alpha value is -3.40. The van der Waals surface area contributed by atoms with Gasteiger partial charge in [0.2, 0.25) is 0 Å². The van der Waals surface area contributed by atoms with Crippen molar-refractivity contribution in [2.45, 2.75) is 19.4 Å². The molecule has 0 fully saturated rings. The highest BCUT2D eigenvalue weighted by molar-refractivity contribution is 6.04. The summed E-state index contributed by atoms with van der Waals surface area (Å²) in [4.78, 5) is 24.1. The molecule has 0 atom stereocenters. The molecule has 1 N–H and O–H groups in total. The summed E-state index contributed by atoms with van der Waals surface area (Å²) < 4.78 is 5.31. The number of ether oxygens (including phenoxy) is 1. The van der Waals surface area contributed by atoms with Gasteiger partial charge < -0.3 is 10.1 Å². The molecular formula is C23H21NO3. The van der Waals surface area contributed by atoms with E-state index in [2.05, 4.69) is 5.32 Å². The third-order valence-corrected chi connectivity index (χ3v) is 4.11. The van der Waals surface area contributed by atoms with E-state index in [1.54, 1.807) is 24.3 Å². The van der Waals surface area contributed by atoms with Crippen molar-refractivity contribution in [3.63, 3.8) is 0 Å². The first-order valence-corrected chi connectivity index (χ1v) is 8.85. The Labute approximate surface area is 158 Å². The van der Waals surface area contributed by atoms with Crippen molar-refractivity contribution in [1.82, 2.24) is 0 Å². The Kier molecular flexibility index (Phi) is 6.36. The fourth-order valence-electron chi connectivity index (χ4n) is 2.60. The number of hydrogen-bond donors (Lipinski definition) is 1. The van der Waals surface area contributed by atoms with Gasteiger partial charge in [0, 0.05) is 17.7 Å². The zero-order valence-electron chi connectivity index (χ0n) is 14.9. The molecule has 0 saturated heterocycles. The molecule has 0 unspecified atom stereocenters. The van der Waals surface area contributed by atoms with Crippen LogP contribution in [0.15, 0.2) is 84.9 Å². The fourth-order valence-corrected chi connectivity index (χ4v) is 2.60. The van der Waals surface area contributed by atoms with Gasteiger partial charge in [0.25, 0.3) is 5.91 Å². The van der Waals surface area contributed by atoms with Crippen LogP contribution in [-0.2, 0) is 22.6 Å². The second-order valence-corrected chi connectivity index (χ2v) is 6.16. The molecule has 0 bridgehead atoms. The molecule has 0 aliphatic rings. The van der Waals surface area contributed by atoms with Crippen LogP contribution in [0.3, 0.4) is 0 Å². The molecule has 0 aliphatic heterocycles. The third kappa shape index (κ3) is 5.82. The van der Waals surface area contributed by atoms with E-state index in [-0.39, 0.29) is 18.5 Å². The average molecular weight is 359 g/mol. The summed E-state index contributed by atoms with van der Waals surface area (Å²) in [7, 11) is 0. The van der Waals surface area contributed by atoms with Crippen molar-refractivity contribution < 1.29 is 14.3 Å². The molecule has 1 amide bonds. The summed E-state index contributed by atoms with van der Waals surface area (Å²) in [5.74, 6) is -0.405. The maximum absolute atomic E-state index is 12.2. The standard InChI is InChI=1S/C23H21NO3/c25-22(16-13-18-7-3-1-4-8-18)27-17-19-11-14-20(15-12-19)23(26)24-21-9-5-2-6-10-21/h1-12,14-15H,13,16-17H2,(H,24,26). The zero-order chi connectivity index (χ0) is 18.9. The highest BCUT2D eigenvalue weighted by Gasteiger charge is 2.07. The lowest BCUT2D eigenvalue weighted by Crippen LogP contribution is -2.12. The quantitative estimate of drug-likeness (QED) is 0.627. The minimum absolute atomic E-state index is 0.174. The van der Waals surface area contributed by atoms with Gasteiger partial charge >= 0.3 is 5.97 Å². The first kappa shape index (κ1) is 18.4. The molecule has 136 valence electrons. The van der Waals surface area contributed by atoms with E-state index in [0.29, 0.717) is 18.4 Å². The lowest BCUT2D eigenvalue weighted by Gasteiger charge is -2.07. The predicted octanol–water partition coefficient (Wildman–Crippen LogP) is 4.61. The van der Waals surface area contributed by atoms with Crippen LogP contribution in [0.2, 0.25) is 0 Å². The van der Waals surface area contributed by atoms with E-state index >= 15 is 0 Å². The van der Waals surface area contributed by atoms with Gasteiger partial charge in [-0.05, 0) is 41.8 Å². The summed E-state index contributed by atoms with van der Waals surface area (Å²) in [6, 6.07) is 26.2. The number of aryl methyl sites for hydroxylation is 1. The van der Waals surface area contributed by atoms with E-state index in [9.17, 15) is 9.59 Å². The Morgan fingerprint density at radius 3 is 2.04 bits per heavy atom. The van der Waals surface area contributed by atoms with Gasteiger partial charge in [-0.3, -0.25) is 9.59 Å². The first-order valence-electron chi connectivity index (χ1n) is 8.85. The molecule has 0 aliphatic carbocycles. The van der Waals surface area contributed by atoms with Crippen molar-refractivity contribution in [3.8, 4) is 0 Å². The molecule has 0 aromatic heterocycles. The molecule has 4 nitrogen and oxygen atoms in total. The highest BCUT2D eigenvalue weighted by atomic mass is 16.5. The van der Waals surface area contributed by atoms with E-state index in [4.69, 9.17) is 4.74 Å². The van der Waals surface area contributed by atoms with Crippen molar-refractivity contribution in [1.29, 1.82) is 0 Å². The molecule has 3 rings (SSSR count). The van der Waals surface area contributed by atoms with Crippen LogP contribution in [0.25, 0.3) is 0 Å². The lowest BCUT2D eigenvalue weighted by atomic mass is 10.1. The topological polar surface area (TPSA) is 55.4 Å². The molecule has 0 spiro atoms. The Balaban J connectivity index is 1.46. The van der Waals surface area contributed by atoms with E-state index in [1.165, 1.54) is 0 Å². The number of anilines is 1. The molecule has 4 heteroatoms. The Morgan fingerprint density at radius 2 is 1.37 bits per heavy atom. The molecule has 0 saturated carbocycles. The highest BCUT2D eigenvalue weighted by Crippen LogP contribution is 2.11. The average Bonchev–Trinajstić information content (AvgIpc) is 2.72. The van der Waals surface area contributed by atoms with Gasteiger partial charge in [-0.1, -0.05) is 60.7 Å². The Bertz CT molecular complexity index is 875. The van der Waals surface area contributed by atoms with Crippen molar-refractivity contribution in [3.05, 3.63) is 102 Å². The zero-order valence-corrected chi connectivity index (χ0v) is 14.9. The van der Waals surface area contributed by atoms with E-state index in [1.807, 2.05) is 60.7 Å². The number of nitrogens with one attached hydrogen (secondary N) is 1. The largest absolute Gasteiger partial charge is 0.461 e. The van der Waals surface area contributed by atoms with Crippen LogP contribution >= 0.6 is 0 Å². The number of amides is 1. The van der Waals surface area contributed by atoms with Crippen LogP contribution in [-0.4, -0.2) is 11.9 Å². The monoisotopic (exact) mass is 359 g/mol. The number of para-hydroxylation sites is 1. The molecule has 27 heavy (non-hydrogen) atoms.